The van der Waals surface area contributed by atoms with E-state index in [-0.39, 0.29) is 11.7 Å². The molecule has 1 unspecified atom stereocenters. The summed E-state index contributed by atoms with van der Waals surface area (Å²) in [6.45, 7) is 4.78. The Morgan fingerprint density at radius 3 is 2.39 bits per heavy atom. The average molecular weight is 248 g/mol. The van der Waals surface area contributed by atoms with Crippen molar-refractivity contribution in [3.63, 3.8) is 0 Å². The first-order valence-corrected chi connectivity index (χ1v) is 7.04. The number of rotatable bonds is 5. The number of aliphatic hydroxyl groups excluding tert-OH is 1. The lowest BCUT2D eigenvalue weighted by Gasteiger charge is -2.34. The molecule has 1 atom stereocenters. The molecule has 1 fully saturated rings. The van der Waals surface area contributed by atoms with Crippen molar-refractivity contribution in [2.24, 2.45) is 0 Å². The van der Waals surface area contributed by atoms with Crippen LogP contribution in [0.25, 0.3) is 0 Å². The molecular weight excluding hydrogens is 224 g/mol. The molecule has 0 saturated heterocycles. The predicted molar refractivity (Wildman–Crippen MR) is 73.7 cm³/mol. The third-order valence-electron chi connectivity index (χ3n) is 4.04. The molecule has 1 aliphatic rings. The molecule has 1 aliphatic carbocycles. The summed E-state index contributed by atoms with van der Waals surface area (Å²) >= 11 is 0. The minimum Gasteiger partial charge on any atom is -0.390 e. The number of ether oxygens (including phenoxy) is 1. The van der Waals surface area contributed by atoms with Crippen molar-refractivity contribution < 1.29 is 9.84 Å². The molecule has 1 aromatic carbocycles. The van der Waals surface area contributed by atoms with E-state index in [0.717, 1.165) is 12.8 Å². The van der Waals surface area contributed by atoms with Crippen molar-refractivity contribution in [2.45, 2.75) is 57.7 Å². The molecule has 0 radical (unpaired) electrons. The second-order valence-electron chi connectivity index (χ2n) is 5.41. The maximum atomic E-state index is 10.5. The van der Waals surface area contributed by atoms with Gasteiger partial charge in [-0.2, -0.15) is 0 Å². The van der Waals surface area contributed by atoms with Gasteiger partial charge in [0.15, 0.2) is 0 Å². The number of benzene rings is 1. The summed E-state index contributed by atoms with van der Waals surface area (Å²) in [7, 11) is 0. The van der Waals surface area contributed by atoms with Crippen LogP contribution in [-0.4, -0.2) is 23.4 Å². The fraction of sp³-hybridized carbons (Fsp3) is 0.625. The summed E-state index contributed by atoms with van der Waals surface area (Å²) in [5.74, 6) is 0. The van der Waals surface area contributed by atoms with Gasteiger partial charge in [0.25, 0.3) is 0 Å². The minimum absolute atomic E-state index is 0.292. The quantitative estimate of drug-likeness (QED) is 0.866. The van der Waals surface area contributed by atoms with Crippen molar-refractivity contribution in [3.8, 4) is 0 Å². The molecule has 0 amide bonds. The second-order valence-corrected chi connectivity index (χ2v) is 5.41. The van der Waals surface area contributed by atoms with Crippen molar-refractivity contribution >= 4 is 0 Å². The topological polar surface area (TPSA) is 29.5 Å². The van der Waals surface area contributed by atoms with Crippen LogP contribution < -0.4 is 0 Å². The van der Waals surface area contributed by atoms with Crippen molar-refractivity contribution in [1.82, 2.24) is 0 Å². The lowest BCUT2D eigenvalue weighted by atomic mass is 9.89. The maximum absolute atomic E-state index is 10.5. The summed E-state index contributed by atoms with van der Waals surface area (Å²) < 4.78 is 5.90. The van der Waals surface area contributed by atoms with E-state index >= 15 is 0 Å². The molecule has 100 valence electrons. The van der Waals surface area contributed by atoms with E-state index in [1.165, 1.54) is 24.0 Å². The normalized spacial score (nSPS) is 19.9. The molecule has 1 saturated carbocycles. The fourth-order valence-corrected chi connectivity index (χ4v) is 2.97. The van der Waals surface area contributed by atoms with Gasteiger partial charge in [0.1, 0.15) is 0 Å². The molecule has 0 heterocycles. The summed E-state index contributed by atoms with van der Waals surface area (Å²) in [6, 6.07) is 8.41. The highest BCUT2D eigenvalue weighted by atomic mass is 16.5. The van der Waals surface area contributed by atoms with Gasteiger partial charge in [-0.05, 0) is 32.3 Å². The third kappa shape index (κ3) is 2.93. The molecule has 18 heavy (non-hydrogen) atoms. The Kier molecular flexibility index (Phi) is 4.41. The zero-order valence-corrected chi connectivity index (χ0v) is 11.5. The van der Waals surface area contributed by atoms with Crippen LogP contribution >= 0.6 is 0 Å². The molecule has 2 rings (SSSR count). The van der Waals surface area contributed by atoms with Gasteiger partial charge in [-0.3, -0.25) is 0 Å². The zero-order valence-electron chi connectivity index (χ0n) is 11.5. The Labute approximate surface area is 110 Å². The van der Waals surface area contributed by atoms with E-state index in [1.807, 2.05) is 6.92 Å². The highest BCUT2D eigenvalue weighted by Gasteiger charge is 2.41. The molecule has 0 bridgehead atoms. The average Bonchev–Trinajstić information content (AvgIpc) is 2.82. The third-order valence-corrected chi connectivity index (χ3v) is 4.04. The number of aliphatic hydroxyl groups is 1. The van der Waals surface area contributed by atoms with Gasteiger partial charge in [-0.1, -0.05) is 42.7 Å². The van der Waals surface area contributed by atoms with Gasteiger partial charge >= 0.3 is 0 Å². The van der Waals surface area contributed by atoms with E-state index in [2.05, 4.69) is 31.2 Å². The second kappa shape index (κ2) is 5.85. The van der Waals surface area contributed by atoms with E-state index in [9.17, 15) is 5.11 Å². The first-order valence-electron chi connectivity index (χ1n) is 7.04. The number of aryl methyl sites for hydroxylation is 1. The fourth-order valence-electron chi connectivity index (χ4n) is 2.97. The standard InChI is InChI=1S/C16H24O2/c1-3-18-16(10-4-5-11-16)15(17)12-14-8-6-13(2)7-9-14/h6-9,15,17H,3-5,10-12H2,1-2H3. The summed E-state index contributed by atoms with van der Waals surface area (Å²) in [5, 5.41) is 10.5. The van der Waals surface area contributed by atoms with Crippen molar-refractivity contribution in [2.75, 3.05) is 6.61 Å². The molecule has 2 nitrogen and oxygen atoms in total. The Morgan fingerprint density at radius 2 is 1.83 bits per heavy atom. The van der Waals surface area contributed by atoms with E-state index < -0.39 is 0 Å². The van der Waals surface area contributed by atoms with E-state index in [0.29, 0.717) is 13.0 Å². The Morgan fingerprint density at radius 1 is 1.22 bits per heavy atom. The van der Waals surface area contributed by atoms with Crippen LogP contribution in [0.3, 0.4) is 0 Å². The van der Waals surface area contributed by atoms with Crippen LogP contribution in [0.1, 0.15) is 43.7 Å². The monoisotopic (exact) mass is 248 g/mol. The molecular formula is C16H24O2. The first-order chi connectivity index (χ1) is 8.66. The summed E-state index contributed by atoms with van der Waals surface area (Å²) in [4.78, 5) is 0. The number of hydrogen-bond donors (Lipinski definition) is 1. The van der Waals surface area contributed by atoms with Crippen LogP contribution in [0.2, 0.25) is 0 Å². The predicted octanol–water partition coefficient (Wildman–Crippen LogP) is 3.25. The van der Waals surface area contributed by atoms with Gasteiger partial charge in [0.05, 0.1) is 11.7 Å². The summed E-state index contributed by atoms with van der Waals surface area (Å²) in [5.41, 5.74) is 2.16. The van der Waals surface area contributed by atoms with Crippen LogP contribution in [-0.2, 0) is 11.2 Å². The molecule has 0 aromatic heterocycles. The van der Waals surface area contributed by atoms with Crippen LogP contribution in [0, 0.1) is 6.92 Å². The van der Waals surface area contributed by atoms with Gasteiger partial charge in [-0.15, -0.1) is 0 Å². The zero-order chi connectivity index (χ0) is 13.0. The van der Waals surface area contributed by atoms with Crippen LogP contribution in [0.5, 0.6) is 0 Å². The van der Waals surface area contributed by atoms with Crippen molar-refractivity contribution in [1.29, 1.82) is 0 Å². The van der Waals surface area contributed by atoms with E-state index in [4.69, 9.17) is 4.74 Å². The van der Waals surface area contributed by atoms with Gasteiger partial charge in [-0.25, -0.2) is 0 Å². The van der Waals surface area contributed by atoms with E-state index in [1.54, 1.807) is 0 Å². The molecule has 2 heteroatoms. The number of hydrogen-bond acceptors (Lipinski definition) is 2. The highest BCUT2D eigenvalue weighted by Crippen LogP contribution is 2.37. The van der Waals surface area contributed by atoms with Gasteiger partial charge in [0.2, 0.25) is 0 Å². The molecule has 1 N–H and O–H groups in total. The summed E-state index contributed by atoms with van der Waals surface area (Å²) in [6.07, 6.45) is 4.64. The lowest BCUT2D eigenvalue weighted by molar-refractivity contribution is -0.115. The smallest absolute Gasteiger partial charge is 0.0943 e. The molecule has 0 aliphatic heterocycles. The van der Waals surface area contributed by atoms with Gasteiger partial charge < -0.3 is 9.84 Å². The lowest BCUT2D eigenvalue weighted by Crippen LogP contribution is -2.43. The SMILES string of the molecule is CCOC1(C(O)Cc2ccc(C)cc2)CCCC1. The Hall–Kier alpha value is -0.860. The van der Waals surface area contributed by atoms with Crippen LogP contribution in [0.15, 0.2) is 24.3 Å². The first kappa shape index (κ1) is 13.6. The largest absolute Gasteiger partial charge is 0.390 e. The molecule has 1 aromatic rings. The Balaban J connectivity index is 2.05. The maximum Gasteiger partial charge on any atom is 0.0943 e. The Bertz CT molecular complexity index is 363. The highest BCUT2D eigenvalue weighted by molar-refractivity contribution is 5.22. The van der Waals surface area contributed by atoms with Crippen LogP contribution in [0.4, 0.5) is 0 Å². The molecule has 0 spiro atoms. The van der Waals surface area contributed by atoms with Crippen molar-refractivity contribution in [3.05, 3.63) is 35.4 Å². The minimum atomic E-state index is -0.386. The van der Waals surface area contributed by atoms with Gasteiger partial charge in [0, 0.05) is 13.0 Å².